The molecule has 2 spiro atoms. The molecule has 4 aromatic carbocycles. The van der Waals surface area contributed by atoms with Gasteiger partial charge in [0.1, 0.15) is 0 Å². The zero-order valence-electron chi connectivity index (χ0n) is 25.4. The Morgan fingerprint density at radius 3 is 1.64 bits per heavy atom. The zero-order chi connectivity index (χ0) is 31.2. The van der Waals surface area contributed by atoms with E-state index in [-0.39, 0.29) is 5.78 Å². The summed E-state index contributed by atoms with van der Waals surface area (Å²) in [6.45, 7) is 0. The van der Waals surface area contributed by atoms with E-state index in [1.807, 2.05) is 30.3 Å². The van der Waals surface area contributed by atoms with E-state index in [4.69, 9.17) is 23.2 Å². The van der Waals surface area contributed by atoms with Crippen molar-refractivity contribution in [1.82, 2.24) is 0 Å². The molecule has 232 valence electrons. The minimum absolute atomic E-state index is 0.0214. The van der Waals surface area contributed by atoms with Gasteiger partial charge >= 0.3 is 0 Å². The van der Waals surface area contributed by atoms with E-state index in [1.165, 1.54) is 86.5 Å². The molecule has 0 saturated heterocycles. The summed E-state index contributed by atoms with van der Waals surface area (Å²) in [6.07, 6.45) is 15.1. The Labute approximate surface area is 294 Å². The van der Waals surface area contributed by atoms with E-state index in [9.17, 15) is 4.79 Å². The molecule has 0 unspecified atom stereocenters. The number of carbonyl (C=O) groups excluding carboxylic acids is 1. The maximum atomic E-state index is 12.6. The monoisotopic (exact) mass is 762 g/mol. The highest BCUT2D eigenvalue weighted by Crippen LogP contribution is 2.62. The van der Waals surface area contributed by atoms with Gasteiger partial charge in [-0.1, -0.05) is 116 Å². The van der Waals surface area contributed by atoms with Crippen LogP contribution in [0.2, 0.25) is 10.0 Å². The van der Waals surface area contributed by atoms with E-state index in [0.29, 0.717) is 27.5 Å². The number of rotatable bonds is 6. The van der Waals surface area contributed by atoms with Crippen LogP contribution in [0.1, 0.15) is 114 Å². The second kappa shape index (κ2) is 12.9. The first-order chi connectivity index (χ1) is 21.7. The minimum atomic E-state index is -0.0214. The third kappa shape index (κ3) is 6.75. The Bertz CT molecular complexity index is 1690. The van der Waals surface area contributed by atoms with Gasteiger partial charge in [-0.15, -0.1) is 0 Å². The van der Waals surface area contributed by atoms with Crippen molar-refractivity contribution in [3.05, 3.63) is 137 Å². The summed E-state index contributed by atoms with van der Waals surface area (Å²) in [5.41, 5.74) is 8.11. The molecule has 0 bridgehead atoms. The summed E-state index contributed by atoms with van der Waals surface area (Å²) in [7, 11) is 0. The van der Waals surface area contributed by atoms with Gasteiger partial charge in [-0.2, -0.15) is 0 Å². The quantitative estimate of drug-likeness (QED) is 0.179. The largest absolute Gasteiger partial charge is 0.289 e. The van der Waals surface area contributed by atoms with Gasteiger partial charge in [0.15, 0.2) is 5.78 Å². The molecule has 4 saturated carbocycles. The van der Waals surface area contributed by atoms with E-state index in [0.717, 1.165) is 31.7 Å². The predicted octanol–water partition coefficient (Wildman–Crippen LogP) is 13.1. The summed E-state index contributed by atoms with van der Waals surface area (Å²) < 4.78 is 1.95. The Balaban J connectivity index is 0.000000145. The molecule has 4 aromatic rings. The van der Waals surface area contributed by atoms with Gasteiger partial charge in [-0.25, -0.2) is 0 Å². The molecule has 1 nitrogen and oxygen atoms in total. The Hall–Kier alpha value is -1.91. The maximum absolute atomic E-state index is 12.6. The smallest absolute Gasteiger partial charge is 0.194 e. The Morgan fingerprint density at radius 2 is 1.13 bits per heavy atom. The summed E-state index contributed by atoms with van der Waals surface area (Å²) in [5.74, 6) is 1.48. The predicted molar refractivity (Wildman–Crippen MR) is 194 cm³/mol. The van der Waals surface area contributed by atoms with Crippen molar-refractivity contribution < 1.29 is 4.79 Å². The first-order valence-corrected chi connectivity index (χ1v) is 18.7. The average molecular weight is 765 g/mol. The lowest BCUT2D eigenvalue weighted by atomic mass is 9.51. The molecule has 0 N–H and O–H groups in total. The summed E-state index contributed by atoms with van der Waals surface area (Å²) in [5, 5.41) is 1.34. The van der Waals surface area contributed by atoms with Crippen LogP contribution in [0.3, 0.4) is 0 Å². The molecule has 4 aliphatic carbocycles. The van der Waals surface area contributed by atoms with Crippen LogP contribution in [-0.2, 0) is 6.42 Å². The Kier molecular flexibility index (Phi) is 9.11. The van der Waals surface area contributed by atoms with Crippen LogP contribution in [0.15, 0.2) is 93.9 Å². The van der Waals surface area contributed by atoms with Crippen molar-refractivity contribution in [2.24, 2.45) is 10.8 Å². The number of carbonyl (C=O) groups is 1. The van der Waals surface area contributed by atoms with Crippen LogP contribution in [0.5, 0.6) is 0 Å². The molecule has 0 aromatic heterocycles. The fourth-order valence-electron chi connectivity index (χ4n) is 8.15. The molecule has 5 heteroatoms. The molecule has 45 heavy (non-hydrogen) atoms. The number of halogens is 4. The molecule has 0 amide bonds. The summed E-state index contributed by atoms with van der Waals surface area (Å²) >= 11 is 19.4. The van der Waals surface area contributed by atoms with Crippen LogP contribution < -0.4 is 0 Å². The highest BCUT2D eigenvalue weighted by Gasteiger charge is 2.49. The van der Waals surface area contributed by atoms with Crippen LogP contribution >= 0.6 is 55.1 Å². The number of benzene rings is 4. The van der Waals surface area contributed by atoms with Gasteiger partial charge < -0.3 is 0 Å². The van der Waals surface area contributed by atoms with Crippen LogP contribution in [0, 0.1) is 10.8 Å². The molecule has 0 atom stereocenters. The Morgan fingerprint density at radius 1 is 0.644 bits per heavy atom. The van der Waals surface area contributed by atoms with E-state index in [2.05, 4.69) is 74.3 Å². The zero-order valence-corrected chi connectivity index (χ0v) is 30.1. The van der Waals surface area contributed by atoms with Gasteiger partial charge in [-0.05, 0) is 139 Å². The van der Waals surface area contributed by atoms with E-state index < -0.39 is 0 Å². The summed E-state index contributed by atoms with van der Waals surface area (Å²) in [6, 6.07) is 28.8. The van der Waals surface area contributed by atoms with Gasteiger partial charge in [0.05, 0.1) is 5.02 Å². The fourth-order valence-corrected chi connectivity index (χ4v) is 9.31. The lowest BCUT2D eigenvalue weighted by Gasteiger charge is -2.54. The highest BCUT2D eigenvalue weighted by molar-refractivity contribution is 9.10. The van der Waals surface area contributed by atoms with Crippen LogP contribution in [0.4, 0.5) is 0 Å². The second-order valence-corrected chi connectivity index (χ2v) is 16.8. The fraction of sp³-hybridized carbons (Fsp3) is 0.375. The van der Waals surface area contributed by atoms with E-state index in [1.54, 1.807) is 12.1 Å². The highest BCUT2D eigenvalue weighted by atomic mass is 79.9. The molecule has 8 rings (SSSR count). The lowest BCUT2D eigenvalue weighted by molar-refractivity contribution is 0.00892. The minimum Gasteiger partial charge on any atom is -0.289 e. The molecule has 4 fully saturated rings. The third-order valence-electron chi connectivity index (χ3n) is 11.2. The van der Waals surface area contributed by atoms with Crippen LogP contribution in [0.25, 0.3) is 0 Å². The number of ketones is 1. The molecule has 4 aliphatic rings. The lowest BCUT2D eigenvalue weighted by Crippen LogP contribution is -2.41. The number of hydrogen-bond acceptors (Lipinski definition) is 1. The third-order valence-corrected chi connectivity index (χ3v) is 12.9. The van der Waals surface area contributed by atoms with Crippen molar-refractivity contribution in [3.63, 3.8) is 0 Å². The number of hydrogen-bond donors (Lipinski definition) is 0. The van der Waals surface area contributed by atoms with Crippen molar-refractivity contribution in [1.29, 1.82) is 0 Å². The van der Waals surface area contributed by atoms with Crippen molar-refractivity contribution >= 4 is 60.8 Å². The standard InChI is InChI=1S/C20H18BrClO.C20H20BrCl/c21-16-6-7-18(22)17(10-16)19(23)14-4-2-13(3-5-14)15-11-20(12-15)8-1-9-20;21-18-6-7-19(22)16(11-18)10-14-2-4-15(5-3-14)17-12-20(13-17)8-1-9-20/h2-7,10,15H,1,8-9,11-12H2;2-7,11,17H,1,8-10,12-13H2. The van der Waals surface area contributed by atoms with E-state index >= 15 is 0 Å². The van der Waals surface area contributed by atoms with Gasteiger partial charge in [0.2, 0.25) is 0 Å². The van der Waals surface area contributed by atoms with Crippen molar-refractivity contribution in [2.45, 2.75) is 82.5 Å². The molecule has 0 aliphatic heterocycles. The maximum Gasteiger partial charge on any atom is 0.194 e. The van der Waals surface area contributed by atoms with Gasteiger partial charge in [0, 0.05) is 25.1 Å². The second-order valence-electron chi connectivity index (χ2n) is 14.1. The van der Waals surface area contributed by atoms with Gasteiger partial charge in [0.25, 0.3) is 0 Å². The van der Waals surface area contributed by atoms with Gasteiger partial charge in [-0.3, -0.25) is 4.79 Å². The summed E-state index contributed by atoms with van der Waals surface area (Å²) in [4.78, 5) is 12.6. The van der Waals surface area contributed by atoms with Crippen molar-refractivity contribution in [3.8, 4) is 0 Å². The van der Waals surface area contributed by atoms with Crippen LogP contribution in [-0.4, -0.2) is 5.78 Å². The normalized spacial score (nSPS) is 20.7. The average Bonchev–Trinajstić information content (AvgIpc) is 2.95. The molecular weight excluding hydrogens is 727 g/mol. The molecule has 0 heterocycles. The SMILES string of the molecule is Clc1ccc(Br)cc1Cc1ccc(C2CC3(CCC3)C2)cc1.O=C(c1ccc(C2CC3(CCC3)C2)cc1)c1cc(Br)ccc1Cl. The first-order valence-electron chi connectivity index (χ1n) is 16.3. The molecule has 0 radical (unpaired) electrons. The molecular formula is C40H38Br2Cl2O. The first kappa shape index (κ1) is 31.7. The van der Waals surface area contributed by atoms with Crippen molar-refractivity contribution in [2.75, 3.05) is 0 Å². The topological polar surface area (TPSA) is 17.1 Å².